The Morgan fingerprint density at radius 3 is 2.29 bits per heavy atom. The van der Waals surface area contributed by atoms with Crippen molar-refractivity contribution < 1.29 is 22.7 Å². The van der Waals surface area contributed by atoms with Gasteiger partial charge in [-0.15, -0.1) is 11.8 Å². The number of benzene rings is 3. The van der Waals surface area contributed by atoms with Crippen LogP contribution >= 0.6 is 11.8 Å². The van der Waals surface area contributed by atoms with Crippen LogP contribution in [0.15, 0.2) is 82.6 Å². The Balaban J connectivity index is 2.08. The van der Waals surface area contributed by atoms with E-state index in [0.717, 1.165) is 26.7 Å². The molecule has 42 heavy (non-hydrogen) atoms. The summed E-state index contributed by atoms with van der Waals surface area (Å²) in [6.07, 6.45) is 2.65. The van der Waals surface area contributed by atoms with Gasteiger partial charge in [0, 0.05) is 17.5 Å². The van der Waals surface area contributed by atoms with Gasteiger partial charge in [-0.3, -0.25) is 13.9 Å². The Bertz CT molecular complexity index is 1460. The van der Waals surface area contributed by atoms with Crippen molar-refractivity contribution in [2.24, 2.45) is 0 Å². The minimum absolute atomic E-state index is 0.0483. The highest BCUT2D eigenvalue weighted by Gasteiger charge is 2.34. The summed E-state index contributed by atoms with van der Waals surface area (Å²) >= 11 is 1.50. The smallest absolute Gasteiger partial charge is 0.264 e. The monoisotopic (exact) mass is 611 g/mol. The van der Waals surface area contributed by atoms with E-state index in [-0.39, 0.29) is 29.1 Å². The third-order valence-corrected chi connectivity index (χ3v) is 9.48. The molecule has 0 aliphatic carbocycles. The van der Waals surface area contributed by atoms with Crippen LogP contribution in [-0.2, 0) is 26.2 Å². The molecule has 1 N–H and O–H groups in total. The lowest BCUT2D eigenvalue weighted by Crippen LogP contribution is -2.52. The molecular weight excluding hydrogens is 571 g/mol. The van der Waals surface area contributed by atoms with Crippen molar-refractivity contribution in [3.63, 3.8) is 0 Å². The Labute approximate surface area is 254 Å². The van der Waals surface area contributed by atoms with Crippen LogP contribution in [0.4, 0.5) is 5.69 Å². The van der Waals surface area contributed by atoms with Gasteiger partial charge in [0.15, 0.2) is 0 Å². The Hall–Kier alpha value is -3.50. The zero-order valence-corrected chi connectivity index (χ0v) is 26.8. The number of hydrogen-bond donors (Lipinski definition) is 1. The Morgan fingerprint density at radius 1 is 0.976 bits per heavy atom. The summed E-state index contributed by atoms with van der Waals surface area (Å²) in [6.45, 7) is 9.23. The van der Waals surface area contributed by atoms with Gasteiger partial charge in [0.1, 0.15) is 18.3 Å². The van der Waals surface area contributed by atoms with Crippen molar-refractivity contribution in [3.05, 3.63) is 83.9 Å². The standard InChI is InChI=1S/C32H41N3O5S2/c1-7-24(4)33-32(37)25(5)34(21-26-13-11-12-23(3)20-26)31(36)22-35(29-14-9-10-15-30(29)40-8-2)42(38,39)28-18-16-27(41-6)17-19-28/h9-20,24-25H,7-8,21-22H2,1-6H3,(H,33,37)/t24-,25-/m1/s1. The van der Waals surface area contributed by atoms with Crippen molar-refractivity contribution in [2.75, 3.05) is 23.7 Å². The van der Waals surface area contributed by atoms with Crippen LogP contribution in [0.3, 0.4) is 0 Å². The number of hydrogen-bond acceptors (Lipinski definition) is 6. The molecule has 2 amide bonds. The molecule has 0 aliphatic rings. The van der Waals surface area contributed by atoms with Crippen LogP contribution in [0, 0.1) is 6.92 Å². The maximum atomic E-state index is 14.2. The maximum Gasteiger partial charge on any atom is 0.264 e. The number of carbonyl (C=O) groups is 2. The summed E-state index contributed by atoms with van der Waals surface area (Å²) in [7, 11) is -4.20. The summed E-state index contributed by atoms with van der Waals surface area (Å²) in [5, 5.41) is 2.95. The normalized spacial score (nSPS) is 12.7. The first-order valence-corrected chi connectivity index (χ1v) is 16.7. The zero-order chi connectivity index (χ0) is 30.9. The predicted octanol–water partition coefficient (Wildman–Crippen LogP) is 5.64. The van der Waals surface area contributed by atoms with E-state index in [9.17, 15) is 18.0 Å². The SMILES string of the molecule is CCOc1ccccc1N(CC(=O)N(Cc1cccc(C)c1)[C@H](C)C(=O)N[C@H](C)CC)S(=O)(=O)c1ccc(SC)cc1. The number of para-hydroxylation sites is 2. The van der Waals surface area contributed by atoms with E-state index >= 15 is 0 Å². The number of nitrogens with zero attached hydrogens (tertiary/aromatic N) is 2. The fourth-order valence-corrected chi connectivity index (χ4v) is 6.22. The molecule has 0 radical (unpaired) electrons. The molecule has 3 rings (SSSR count). The van der Waals surface area contributed by atoms with Gasteiger partial charge >= 0.3 is 0 Å². The second-order valence-corrected chi connectivity index (χ2v) is 12.8. The van der Waals surface area contributed by atoms with Gasteiger partial charge < -0.3 is 15.0 Å². The summed E-state index contributed by atoms with van der Waals surface area (Å²) in [4.78, 5) is 29.8. The molecule has 0 saturated carbocycles. The van der Waals surface area contributed by atoms with Crippen molar-refractivity contribution in [3.8, 4) is 5.75 Å². The van der Waals surface area contributed by atoms with Gasteiger partial charge in [-0.1, -0.05) is 48.9 Å². The Kier molecular flexibility index (Phi) is 11.9. The fourth-order valence-electron chi connectivity index (χ4n) is 4.38. The summed E-state index contributed by atoms with van der Waals surface area (Å²) in [5.74, 6) is -0.481. The molecule has 0 aromatic heterocycles. The highest BCUT2D eigenvalue weighted by molar-refractivity contribution is 7.98. The molecule has 0 fully saturated rings. The lowest BCUT2D eigenvalue weighted by molar-refractivity contribution is -0.139. The second kappa shape index (κ2) is 15.1. The average Bonchev–Trinajstić information content (AvgIpc) is 2.98. The molecule has 0 saturated heterocycles. The van der Waals surface area contributed by atoms with Gasteiger partial charge in [0.05, 0.1) is 17.2 Å². The van der Waals surface area contributed by atoms with Crippen LogP contribution in [0.25, 0.3) is 0 Å². The van der Waals surface area contributed by atoms with Crippen LogP contribution in [0.1, 0.15) is 45.2 Å². The van der Waals surface area contributed by atoms with E-state index in [1.165, 1.54) is 28.8 Å². The number of carbonyl (C=O) groups excluding carboxylic acids is 2. The first-order valence-electron chi connectivity index (χ1n) is 14.1. The third kappa shape index (κ3) is 8.29. The highest BCUT2D eigenvalue weighted by atomic mass is 32.2. The Morgan fingerprint density at radius 2 is 1.67 bits per heavy atom. The van der Waals surface area contributed by atoms with Gasteiger partial charge in [0.2, 0.25) is 11.8 Å². The molecule has 10 heteroatoms. The van der Waals surface area contributed by atoms with Crippen LogP contribution < -0.4 is 14.4 Å². The van der Waals surface area contributed by atoms with Gasteiger partial charge in [-0.05, 0) is 82.3 Å². The maximum absolute atomic E-state index is 14.2. The van der Waals surface area contributed by atoms with Crippen LogP contribution in [0.2, 0.25) is 0 Å². The topological polar surface area (TPSA) is 96.0 Å². The van der Waals surface area contributed by atoms with E-state index in [0.29, 0.717) is 12.4 Å². The molecule has 0 bridgehead atoms. The molecule has 3 aromatic rings. The van der Waals surface area contributed by atoms with E-state index in [2.05, 4.69) is 5.32 Å². The van der Waals surface area contributed by atoms with Crippen molar-refractivity contribution in [2.45, 2.75) is 69.5 Å². The van der Waals surface area contributed by atoms with E-state index in [1.54, 1.807) is 43.3 Å². The second-order valence-electron chi connectivity index (χ2n) is 10.1. The lowest BCUT2D eigenvalue weighted by Gasteiger charge is -2.33. The summed E-state index contributed by atoms with van der Waals surface area (Å²) in [5.41, 5.74) is 2.09. The number of aryl methyl sites for hydroxylation is 1. The van der Waals surface area contributed by atoms with Crippen LogP contribution in [0.5, 0.6) is 5.75 Å². The first-order chi connectivity index (χ1) is 20.0. The highest BCUT2D eigenvalue weighted by Crippen LogP contribution is 2.33. The molecule has 0 aliphatic heterocycles. The number of rotatable bonds is 14. The molecule has 8 nitrogen and oxygen atoms in total. The van der Waals surface area contributed by atoms with Crippen molar-refractivity contribution >= 4 is 39.3 Å². The van der Waals surface area contributed by atoms with Crippen molar-refractivity contribution in [1.29, 1.82) is 0 Å². The molecular formula is C32H41N3O5S2. The largest absolute Gasteiger partial charge is 0.492 e. The average molecular weight is 612 g/mol. The molecule has 0 heterocycles. The summed E-state index contributed by atoms with van der Waals surface area (Å²) in [6, 6.07) is 20.1. The minimum atomic E-state index is -4.20. The fraction of sp³-hybridized carbons (Fsp3) is 0.375. The molecule has 3 aromatic carbocycles. The number of nitrogens with one attached hydrogen (secondary N) is 1. The number of anilines is 1. The first kappa shape index (κ1) is 33.0. The molecule has 226 valence electrons. The zero-order valence-electron chi connectivity index (χ0n) is 25.2. The van der Waals surface area contributed by atoms with Crippen LogP contribution in [-0.4, -0.2) is 56.6 Å². The third-order valence-electron chi connectivity index (χ3n) is 6.96. The van der Waals surface area contributed by atoms with E-state index in [1.807, 2.05) is 58.2 Å². The minimum Gasteiger partial charge on any atom is -0.492 e. The number of amides is 2. The van der Waals surface area contributed by atoms with Crippen molar-refractivity contribution in [1.82, 2.24) is 10.2 Å². The number of thioether (sulfide) groups is 1. The van der Waals surface area contributed by atoms with E-state index in [4.69, 9.17) is 4.74 Å². The number of ether oxygens (including phenoxy) is 1. The lowest BCUT2D eigenvalue weighted by atomic mass is 10.1. The van der Waals surface area contributed by atoms with Gasteiger partial charge in [0.25, 0.3) is 10.0 Å². The summed E-state index contributed by atoms with van der Waals surface area (Å²) < 4.78 is 35.2. The number of sulfonamides is 1. The van der Waals surface area contributed by atoms with Gasteiger partial charge in [-0.25, -0.2) is 8.42 Å². The molecule has 0 spiro atoms. The predicted molar refractivity (Wildman–Crippen MR) is 169 cm³/mol. The molecule has 2 atom stereocenters. The molecule has 0 unspecified atom stereocenters. The van der Waals surface area contributed by atoms with Gasteiger partial charge in [-0.2, -0.15) is 0 Å². The van der Waals surface area contributed by atoms with E-state index < -0.39 is 28.5 Å². The quantitative estimate of drug-likeness (QED) is 0.237.